The number of methoxy groups -OCH3 is 1. The third-order valence-electron chi connectivity index (χ3n) is 2.85. The molecular formula is C15H15FN2O4S. The Morgan fingerprint density at radius 3 is 2.48 bits per heavy atom. The standard InChI is InChI=1S/C15H15FN2O4S/c1-10(19)17-12-4-3-5-13(9-12)18-23(20,21)15-8-11(16)6-7-14(15)22-2/h3-9,18H,1-2H3,(H,17,19). The molecule has 2 rings (SSSR count). The number of amides is 1. The van der Waals surface area contributed by atoms with E-state index in [1.807, 2.05) is 0 Å². The molecule has 23 heavy (non-hydrogen) atoms. The summed E-state index contributed by atoms with van der Waals surface area (Å²) in [6.07, 6.45) is 0. The molecule has 0 aliphatic carbocycles. The highest BCUT2D eigenvalue weighted by Crippen LogP contribution is 2.27. The van der Waals surface area contributed by atoms with E-state index in [0.717, 1.165) is 12.1 Å². The van der Waals surface area contributed by atoms with Crippen molar-refractivity contribution in [2.45, 2.75) is 11.8 Å². The molecule has 8 heteroatoms. The highest BCUT2D eigenvalue weighted by atomic mass is 32.2. The number of hydrogen-bond acceptors (Lipinski definition) is 4. The van der Waals surface area contributed by atoms with E-state index in [1.54, 1.807) is 12.1 Å². The second-order valence-electron chi connectivity index (χ2n) is 4.66. The van der Waals surface area contributed by atoms with Gasteiger partial charge in [-0.25, -0.2) is 12.8 Å². The monoisotopic (exact) mass is 338 g/mol. The Kier molecular flexibility index (Phi) is 4.85. The van der Waals surface area contributed by atoms with Gasteiger partial charge in [-0.05, 0) is 36.4 Å². The molecule has 0 bridgehead atoms. The number of halogens is 1. The summed E-state index contributed by atoms with van der Waals surface area (Å²) in [5.74, 6) is -0.952. The summed E-state index contributed by atoms with van der Waals surface area (Å²) >= 11 is 0. The van der Waals surface area contributed by atoms with Crippen LogP contribution in [0.25, 0.3) is 0 Å². The topological polar surface area (TPSA) is 84.5 Å². The van der Waals surface area contributed by atoms with Crippen LogP contribution >= 0.6 is 0 Å². The molecule has 0 radical (unpaired) electrons. The Bertz CT molecular complexity index is 837. The van der Waals surface area contributed by atoms with Gasteiger partial charge in [0, 0.05) is 12.6 Å². The van der Waals surface area contributed by atoms with E-state index < -0.39 is 15.8 Å². The van der Waals surface area contributed by atoms with Crippen LogP contribution in [-0.2, 0) is 14.8 Å². The van der Waals surface area contributed by atoms with Crippen LogP contribution in [0.5, 0.6) is 5.75 Å². The van der Waals surface area contributed by atoms with Crippen LogP contribution < -0.4 is 14.8 Å². The van der Waals surface area contributed by atoms with Crippen LogP contribution in [0.2, 0.25) is 0 Å². The van der Waals surface area contributed by atoms with Gasteiger partial charge in [0.05, 0.1) is 12.8 Å². The lowest BCUT2D eigenvalue weighted by Gasteiger charge is -2.12. The van der Waals surface area contributed by atoms with E-state index in [1.165, 1.54) is 32.2 Å². The summed E-state index contributed by atoms with van der Waals surface area (Å²) in [5.41, 5.74) is 0.659. The van der Waals surface area contributed by atoms with Gasteiger partial charge in [-0.15, -0.1) is 0 Å². The van der Waals surface area contributed by atoms with Gasteiger partial charge < -0.3 is 10.1 Å². The molecule has 1 amide bonds. The average molecular weight is 338 g/mol. The first kappa shape index (κ1) is 16.8. The summed E-state index contributed by atoms with van der Waals surface area (Å²) in [5, 5.41) is 2.54. The van der Waals surface area contributed by atoms with Gasteiger partial charge in [-0.1, -0.05) is 6.07 Å². The zero-order valence-corrected chi connectivity index (χ0v) is 13.3. The Balaban J connectivity index is 2.35. The van der Waals surface area contributed by atoms with Crippen molar-refractivity contribution in [1.29, 1.82) is 0 Å². The van der Waals surface area contributed by atoms with Crippen molar-refractivity contribution < 1.29 is 22.3 Å². The van der Waals surface area contributed by atoms with Crippen LogP contribution in [-0.4, -0.2) is 21.4 Å². The predicted octanol–water partition coefficient (Wildman–Crippen LogP) is 2.59. The van der Waals surface area contributed by atoms with E-state index in [4.69, 9.17) is 4.74 Å². The lowest BCUT2D eigenvalue weighted by atomic mass is 10.3. The van der Waals surface area contributed by atoms with E-state index in [9.17, 15) is 17.6 Å². The Hall–Kier alpha value is -2.61. The summed E-state index contributed by atoms with van der Waals surface area (Å²) in [6, 6.07) is 9.36. The minimum atomic E-state index is -4.05. The van der Waals surface area contributed by atoms with Gasteiger partial charge in [0.25, 0.3) is 10.0 Å². The highest BCUT2D eigenvalue weighted by Gasteiger charge is 2.20. The van der Waals surface area contributed by atoms with Crippen molar-refractivity contribution in [1.82, 2.24) is 0 Å². The predicted molar refractivity (Wildman–Crippen MR) is 84.5 cm³/mol. The van der Waals surface area contributed by atoms with Crippen molar-refractivity contribution in [3.05, 3.63) is 48.3 Å². The van der Waals surface area contributed by atoms with Crippen LogP contribution in [0.3, 0.4) is 0 Å². The number of carbonyl (C=O) groups excluding carboxylic acids is 1. The first-order valence-corrected chi connectivity index (χ1v) is 8.04. The fraction of sp³-hybridized carbons (Fsp3) is 0.133. The van der Waals surface area contributed by atoms with Crippen molar-refractivity contribution in [3.8, 4) is 5.75 Å². The van der Waals surface area contributed by atoms with Crippen molar-refractivity contribution in [2.75, 3.05) is 17.1 Å². The van der Waals surface area contributed by atoms with Gasteiger partial charge in [-0.3, -0.25) is 9.52 Å². The van der Waals surface area contributed by atoms with Crippen LogP contribution in [0, 0.1) is 5.82 Å². The maximum atomic E-state index is 13.4. The molecule has 122 valence electrons. The lowest BCUT2D eigenvalue weighted by molar-refractivity contribution is -0.114. The Labute approximate surface area is 133 Å². The number of rotatable bonds is 5. The van der Waals surface area contributed by atoms with Crippen LogP contribution in [0.1, 0.15) is 6.92 Å². The molecule has 0 saturated carbocycles. The molecule has 2 aromatic carbocycles. The fourth-order valence-electron chi connectivity index (χ4n) is 1.93. The van der Waals surface area contributed by atoms with Gasteiger partial charge in [0.2, 0.25) is 5.91 Å². The second kappa shape index (κ2) is 6.66. The molecule has 0 heterocycles. The van der Waals surface area contributed by atoms with Gasteiger partial charge in [0.15, 0.2) is 0 Å². The molecule has 0 fully saturated rings. The number of ether oxygens (including phenoxy) is 1. The van der Waals surface area contributed by atoms with Gasteiger partial charge in [0.1, 0.15) is 16.5 Å². The van der Waals surface area contributed by atoms with E-state index >= 15 is 0 Å². The van der Waals surface area contributed by atoms with Crippen molar-refractivity contribution in [3.63, 3.8) is 0 Å². The number of anilines is 2. The molecule has 0 saturated heterocycles. The summed E-state index contributed by atoms with van der Waals surface area (Å²) < 4.78 is 45.5. The van der Waals surface area contributed by atoms with Crippen molar-refractivity contribution in [2.24, 2.45) is 0 Å². The van der Waals surface area contributed by atoms with Gasteiger partial charge >= 0.3 is 0 Å². The van der Waals surface area contributed by atoms with E-state index in [0.29, 0.717) is 5.69 Å². The number of carbonyl (C=O) groups is 1. The minimum Gasteiger partial charge on any atom is -0.495 e. The van der Waals surface area contributed by atoms with Crippen LogP contribution in [0.15, 0.2) is 47.4 Å². The SMILES string of the molecule is COc1ccc(F)cc1S(=O)(=O)Nc1cccc(NC(C)=O)c1. The molecular weight excluding hydrogens is 323 g/mol. The number of hydrogen-bond donors (Lipinski definition) is 2. The zero-order valence-electron chi connectivity index (χ0n) is 12.5. The molecule has 0 spiro atoms. The molecule has 2 N–H and O–H groups in total. The van der Waals surface area contributed by atoms with E-state index in [2.05, 4.69) is 10.0 Å². The third-order valence-corrected chi connectivity index (χ3v) is 4.25. The maximum Gasteiger partial charge on any atom is 0.265 e. The molecule has 0 aromatic heterocycles. The molecule has 2 aromatic rings. The molecule has 0 aliphatic heterocycles. The smallest absolute Gasteiger partial charge is 0.265 e. The Morgan fingerprint density at radius 1 is 1.13 bits per heavy atom. The Morgan fingerprint density at radius 2 is 1.83 bits per heavy atom. The van der Waals surface area contributed by atoms with Crippen molar-refractivity contribution >= 4 is 27.3 Å². The number of sulfonamides is 1. The highest BCUT2D eigenvalue weighted by molar-refractivity contribution is 7.92. The first-order valence-electron chi connectivity index (χ1n) is 6.56. The molecule has 6 nitrogen and oxygen atoms in total. The van der Waals surface area contributed by atoms with E-state index in [-0.39, 0.29) is 22.2 Å². The molecule has 0 unspecified atom stereocenters. The number of nitrogens with one attached hydrogen (secondary N) is 2. The fourth-order valence-corrected chi connectivity index (χ4v) is 3.17. The normalized spacial score (nSPS) is 10.9. The van der Waals surface area contributed by atoms with Crippen LogP contribution in [0.4, 0.5) is 15.8 Å². The number of benzene rings is 2. The largest absolute Gasteiger partial charge is 0.495 e. The minimum absolute atomic E-state index is 0.0249. The average Bonchev–Trinajstić information content (AvgIpc) is 2.46. The third kappa shape index (κ3) is 4.19. The quantitative estimate of drug-likeness (QED) is 0.877. The first-order chi connectivity index (χ1) is 10.8. The molecule has 0 atom stereocenters. The molecule has 0 aliphatic rings. The maximum absolute atomic E-state index is 13.4. The lowest BCUT2D eigenvalue weighted by Crippen LogP contribution is -2.15. The summed E-state index contributed by atoms with van der Waals surface area (Å²) in [7, 11) is -2.76. The summed E-state index contributed by atoms with van der Waals surface area (Å²) in [4.78, 5) is 10.7. The zero-order chi connectivity index (χ0) is 17.0. The summed E-state index contributed by atoms with van der Waals surface area (Å²) in [6.45, 7) is 1.34. The van der Waals surface area contributed by atoms with Gasteiger partial charge in [-0.2, -0.15) is 0 Å². The second-order valence-corrected chi connectivity index (χ2v) is 6.31.